The van der Waals surface area contributed by atoms with E-state index in [2.05, 4.69) is 15.0 Å². The van der Waals surface area contributed by atoms with Gasteiger partial charge < -0.3 is 5.11 Å². The fourth-order valence-electron chi connectivity index (χ4n) is 0.316. The van der Waals surface area contributed by atoms with Crippen LogP contribution in [0.5, 0.6) is 6.01 Å². The minimum absolute atomic E-state index is 0. The maximum absolute atomic E-state index is 8.56. The summed E-state index contributed by atoms with van der Waals surface area (Å²) in [7, 11) is 0. The molecule has 0 aliphatic carbocycles. The van der Waals surface area contributed by atoms with E-state index in [1.807, 2.05) is 0 Å². The predicted molar refractivity (Wildman–Crippen MR) is 45.8 cm³/mol. The van der Waals surface area contributed by atoms with Crippen molar-refractivity contribution in [2.45, 2.75) is 0 Å². The topological polar surface area (TPSA) is 58.9 Å². The van der Waals surface area contributed by atoms with Gasteiger partial charge in [0, 0.05) is 0 Å². The number of hydrogen-bond acceptors (Lipinski definition) is 4. The third kappa shape index (κ3) is 5.60. The second-order valence-electron chi connectivity index (χ2n) is 1.17. The molecule has 1 aromatic rings. The molecule has 0 aliphatic rings. The Balaban J connectivity index is 0. The van der Waals surface area contributed by atoms with Crippen LogP contribution in [0.25, 0.3) is 0 Å². The molecule has 11 heavy (non-hydrogen) atoms. The van der Waals surface area contributed by atoms with Crippen molar-refractivity contribution < 1.29 is 5.11 Å². The van der Waals surface area contributed by atoms with Crippen molar-refractivity contribution in [1.82, 2.24) is 15.0 Å². The Labute approximate surface area is 117 Å². The van der Waals surface area contributed by atoms with E-state index in [9.17, 15) is 0 Å². The van der Waals surface area contributed by atoms with Gasteiger partial charge in [-0.2, -0.15) is 15.0 Å². The molecule has 0 spiro atoms. The summed E-state index contributed by atoms with van der Waals surface area (Å²) in [5, 5.41) is 8.33. The number of hydrogen-bond donors (Lipinski definition) is 1. The van der Waals surface area contributed by atoms with Crippen LogP contribution in [0.3, 0.4) is 0 Å². The summed E-state index contributed by atoms with van der Waals surface area (Å²) in [6.45, 7) is 0. The molecule has 0 aromatic carbocycles. The van der Waals surface area contributed by atoms with Crippen LogP contribution in [0.2, 0.25) is 10.6 Å². The molecule has 0 saturated heterocycles. The van der Waals surface area contributed by atoms with Gasteiger partial charge in [-0.25, -0.2) is 0 Å². The Kier molecular flexibility index (Phi) is 9.28. The molecule has 0 saturated carbocycles. The molecule has 0 bridgehead atoms. The first-order valence-electron chi connectivity index (χ1n) is 1.94. The zero-order valence-electron chi connectivity index (χ0n) is 4.04. The van der Waals surface area contributed by atoms with Gasteiger partial charge in [-0.1, -0.05) is 0 Å². The van der Waals surface area contributed by atoms with Crippen LogP contribution in [-0.2, 0) is 0 Å². The van der Waals surface area contributed by atoms with E-state index in [-0.39, 0.29) is 69.7 Å². The van der Waals surface area contributed by atoms with Crippen molar-refractivity contribution in [3.63, 3.8) is 0 Å². The molecule has 4 nitrogen and oxygen atoms in total. The predicted octanol–water partition coefficient (Wildman–Crippen LogP) is -0.413. The van der Waals surface area contributed by atoms with Crippen LogP contribution in [0.4, 0.5) is 0 Å². The minimum atomic E-state index is -0.472. The fraction of sp³-hybridized carbons (Fsp3) is 0. The summed E-state index contributed by atoms with van der Waals surface area (Å²) >= 11 is 10.5. The number of aromatic nitrogens is 3. The Hall–Kier alpha value is 1.39. The SMILES string of the molecule is Oc1nc(Cl)nc(Cl)n1.[NaH].[NaH]. The van der Waals surface area contributed by atoms with Gasteiger partial charge in [-0.05, 0) is 23.2 Å². The van der Waals surface area contributed by atoms with E-state index in [1.54, 1.807) is 0 Å². The second-order valence-corrected chi connectivity index (χ2v) is 1.85. The summed E-state index contributed by atoms with van der Waals surface area (Å²) in [5.74, 6) is 0. The second kappa shape index (κ2) is 6.86. The summed E-state index contributed by atoms with van der Waals surface area (Å²) in [4.78, 5) is 9.88. The molecule has 1 rings (SSSR count). The molecule has 1 heterocycles. The Morgan fingerprint density at radius 1 is 0.909 bits per heavy atom. The van der Waals surface area contributed by atoms with E-state index in [1.165, 1.54) is 0 Å². The van der Waals surface area contributed by atoms with Gasteiger partial charge in [0.25, 0.3) is 0 Å². The van der Waals surface area contributed by atoms with Crippen LogP contribution in [-0.4, -0.2) is 79.2 Å². The average molecular weight is 214 g/mol. The summed E-state index contributed by atoms with van der Waals surface area (Å²) in [6, 6.07) is -0.472. The Morgan fingerprint density at radius 2 is 1.27 bits per heavy atom. The van der Waals surface area contributed by atoms with Gasteiger partial charge in [0.05, 0.1) is 0 Å². The van der Waals surface area contributed by atoms with Gasteiger partial charge in [-0.15, -0.1) is 0 Å². The molecular formula is C3H3Cl2N3Na2O. The Morgan fingerprint density at radius 3 is 1.55 bits per heavy atom. The van der Waals surface area contributed by atoms with Gasteiger partial charge in [0.1, 0.15) is 0 Å². The fourth-order valence-corrected chi connectivity index (χ4v) is 0.671. The van der Waals surface area contributed by atoms with Crippen molar-refractivity contribution in [2.75, 3.05) is 0 Å². The first-order valence-corrected chi connectivity index (χ1v) is 2.70. The van der Waals surface area contributed by atoms with Crippen LogP contribution in [0.15, 0.2) is 0 Å². The van der Waals surface area contributed by atoms with Crippen molar-refractivity contribution in [3.05, 3.63) is 10.6 Å². The van der Waals surface area contributed by atoms with Crippen molar-refractivity contribution in [3.8, 4) is 6.01 Å². The van der Waals surface area contributed by atoms with Crippen LogP contribution < -0.4 is 0 Å². The van der Waals surface area contributed by atoms with Crippen LogP contribution >= 0.6 is 23.2 Å². The molecule has 1 aromatic heterocycles. The molecule has 52 valence electrons. The monoisotopic (exact) mass is 213 g/mol. The molecule has 0 atom stereocenters. The van der Waals surface area contributed by atoms with Crippen molar-refractivity contribution in [2.24, 2.45) is 0 Å². The van der Waals surface area contributed by atoms with Gasteiger partial charge >= 0.3 is 65.1 Å². The van der Waals surface area contributed by atoms with Crippen molar-refractivity contribution in [1.29, 1.82) is 0 Å². The normalized spacial score (nSPS) is 7.82. The molecule has 0 radical (unpaired) electrons. The summed E-state index contributed by atoms with van der Waals surface area (Å²) < 4.78 is 0. The molecule has 8 heteroatoms. The van der Waals surface area contributed by atoms with Crippen LogP contribution in [0.1, 0.15) is 0 Å². The van der Waals surface area contributed by atoms with E-state index in [0.29, 0.717) is 0 Å². The van der Waals surface area contributed by atoms with E-state index < -0.39 is 6.01 Å². The maximum atomic E-state index is 8.56. The van der Waals surface area contributed by atoms with E-state index >= 15 is 0 Å². The molecule has 1 N–H and O–H groups in total. The standard InChI is InChI=1S/C3HCl2N3O.2Na.2H/c4-1-6-2(5)8-3(9)7-1;;;;/h(H,6,7,8,9);;;;. The van der Waals surface area contributed by atoms with E-state index in [0.717, 1.165) is 0 Å². The molecule has 0 amide bonds. The zero-order chi connectivity index (χ0) is 6.85. The van der Waals surface area contributed by atoms with Gasteiger partial charge in [0.15, 0.2) is 0 Å². The molecule has 0 aliphatic heterocycles. The summed E-state index contributed by atoms with van der Waals surface area (Å²) in [5.41, 5.74) is 0. The number of aromatic hydroxyl groups is 1. The van der Waals surface area contributed by atoms with Crippen LogP contribution in [0, 0.1) is 0 Å². The first kappa shape index (κ1) is 14.9. The van der Waals surface area contributed by atoms with E-state index in [4.69, 9.17) is 28.3 Å². The van der Waals surface area contributed by atoms with Gasteiger partial charge in [-0.3, -0.25) is 0 Å². The van der Waals surface area contributed by atoms with Gasteiger partial charge in [0.2, 0.25) is 10.6 Å². The molecular weight excluding hydrogens is 211 g/mol. The summed E-state index contributed by atoms with van der Waals surface area (Å²) in [6.07, 6.45) is 0. The number of nitrogens with zero attached hydrogens (tertiary/aromatic N) is 3. The quantitative estimate of drug-likeness (QED) is 0.596. The van der Waals surface area contributed by atoms with Crippen molar-refractivity contribution >= 4 is 82.3 Å². The number of halogens is 2. The molecule has 0 unspecified atom stereocenters. The molecule has 0 fully saturated rings. The number of rotatable bonds is 0. The zero-order valence-corrected chi connectivity index (χ0v) is 5.56. The third-order valence-corrected chi connectivity index (χ3v) is 0.907. The average Bonchev–Trinajstić information content (AvgIpc) is 1.59. The third-order valence-electron chi connectivity index (χ3n) is 0.569. The first-order chi connectivity index (χ1) is 4.18. The Bertz CT molecular complexity index is 185.